The minimum Gasteiger partial charge on any atom is -0.383 e. The second kappa shape index (κ2) is 7.09. The van der Waals surface area contributed by atoms with Crippen LogP contribution in [0, 0.1) is 0 Å². The van der Waals surface area contributed by atoms with Crippen LogP contribution in [0.1, 0.15) is 24.0 Å². The molecule has 0 radical (unpaired) electrons. The van der Waals surface area contributed by atoms with E-state index in [1.54, 1.807) is 6.92 Å². The zero-order valence-electron chi connectivity index (χ0n) is 10.8. The number of rotatable bonds is 7. The Balaban J connectivity index is 2.20. The third-order valence-electron chi connectivity index (χ3n) is 2.07. The molecule has 1 aromatic rings. The largest absolute Gasteiger partial charge is 0.383 e. The van der Waals surface area contributed by atoms with E-state index in [0.29, 0.717) is 25.1 Å². The van der Waals surface area contributed by atoms with Gasteiger partial charge in [0.1, 0.15) is 7.11 Å². The maximum absolute atomic E-state index is 11.5. The minimum absolute atomic E-state index is 0.0761. The topological polar surface area (TPSA) is 111 Å². The Kier molecular flexibility index (Phi) is 5.45. The first-order chi connectivity index (χ1) is 9.04. The highest BCUT2D eigenvalue weighted by Crippen LogP contribution is 1.87. The van der Waals surface area contributed by atoms with Crippen molar-refractivity contribution in [2.75, 3.05) is 20.2 Å². The van der Waals surface area contributed by atoms with E-state index in [-0.39, 0.29) is 11.7 Å². The van der Waals surface area contributed by atoms with Crippen molar-refractivity contribution in [3.8, 4) is 0 Å². The molecular weight excluding hydrogens is 252 g/mol. The van der Waals surface area contributed by atoms with Crippen LogP contribution in [0.5, 0.6) is 0 Å². The Morgan fingerprint density at radius 3 is 2.63 bits per heavy atom. The highest BCUT2D eigenvalue weighted by molar-refractivity contribution is 5.92. The molecule has 104 valence electrons. The molecule has 0 aromatic carbocycles. The van der Waals surface area contributed by atoms with Crippen molar-refractivity contribution in [2.45, 2.75) is 13.3 Å². The summed E-state index contributed by atoms with van der Waals surface area (Å²) in [6.45, 7) is 5.97. The van der Waals surface area contributed by atoms with Gasteiger partial charge in [-0.1, -0.05) is 16.8 Å². The number of hydrogen-bond donors (Lipinski definition) is 2. The van der Waals surface area contributed by atoms with Gasteiger partial charge in [-0.05, 0) is 18.6 Å². The summed E-state index contributed by atoms with van der Waals surface area (Å²) in [7, 11) is 1.35. The number of carbonyl (C=O) groups excluding carboxylic acids is 2. The molecule has 19 heavy (non-hydrogen) atoms. The maximum atomic E-state index is 11.5. The number of aromatic nitrogens is 4. The summed E-state index contributed by atoms with van der Waals surface area (Å²) in [6.07, 6.45) is 0.586. The van der Waals surface area contributed by atoms with Crippen molar-refractivity contribution < 1.29 is 14.4 Å². The summed E-state index contributed by atoms with van der Waals surface area (Å²) in [6, 6.07) is 0. The molecule has 0 aliphatic heterocycles. The van der Waals surface area contributed by atoms with E-state index in [0.717, 1.165) is 4.96 Å². The molecule has 0 atom stereocenters. The number of amides is 2. The van der Waals surface area contributed by atoms with E-state index in [9.17, 15) is 9.59 Å². The normalized spacial score (nSPS) is 9.79. The van der Waals surface area contributed by atoms with Crippen LogP contribution >= 0.6 is 0 Å². The summed E-state index contributed by atoms with van der Waals surface area (Å²) in [5.74, 6) is -0.724. The molecule has 0 aliphatic rings. The lowest BCUT2D eigenvalue weighted by molar-refractivity contribution is -0.117. The van der Waals surface area contributed by atoms with Crippen molar-refractivity contribution in [1.82, 2.24) is 31.0 Å². The average molecular weight is 268 g/mol. The monoisotopic (exact) mass is 268 g/mol. The average Bonchev–Trinajstić information content (AvgIpc) is 2.86. The summed E-state index contributed by atoms with van der Waals surface area (Å²) in [5.41, 5.74) is 0.449. The second-order valence-electron chi connectivity index (χ2n) is 3.69. The predicted molar refractivity (Wildman–Crippen MR) is 65.1 cm³/mol. The summed E-state index contributed by atoms with van der Waals surface area (Å²) in [4.78, 5) is 28.2. The van der Waals surface area contributed by atoms with Crippen LogP contribution in [0.3, 0.4) is 0 Å². The van der Waals surface area contributed by atoms with Crippen molar-refractivity contribution >= 4 is 11.8 Å². The number of nitrogens with one attached hydrogen (secondary N) is 2. The van der Waals surface area contributed by atoms with Crippen LogP contribution in [-0.4, -0.2) is 52.4 Å². The quantitative estimate of drug-likeness (QED) is 0.462. The summed E-state index contributed by atoms with van der Waals surface area (Å²) < 4.78 is 0. The van der Waals surface area contributed by atoms with Crippen LogP contribution in [-0.2, 0) is 4.79 Å². The lowest BCUT2D eigenvalue weighted by atomic mass is 10.3. The van der Waals surface area contributed by atoms with Gasteiger partial charge in [0.05, 0.1) is 0 Å². The van der Waals surface area contributed by atoms with Crippen molar-refractivity contribution in [3.63, 3.8) is 0 Å². The Morgan fingerprint density at radius 1 is 1.37 bits per heavy atom. The van der Waals surface area contributed by atoms with Gasteiger partial charge in [0, 0.05) is 23.6 Å². The standard InChI is InChI=1S/C10H16N6O3/c1-7(2)9(17)11-5-4-6-12-10(18)8-13-15-16(14-8)19-3/h1,4-6H2,2-3H3,(H,11,17)(H,12,18). The van der Waals surface area contributed by atoms with Gasteiger partial charge in [0.15, 0.2) is 0 Å². The van der Waals surface area contributed by atoms with Crippen molar-refractivity contribution in [1.29, 1.82) is 0 Å². The Hall–Kier alpha value is -2.45. The molecule has 1 aromatic heterocycles. The van der Waals surface area contributed by atoms with E-state index < -0.39 is 5.91 Å². The van der Waals surface area contributed by atoms with Crippen molar-refractivity contribution in [2.24, 2.45) is 0 Å². The highest BCUT2D eigenvalue weighted by Gasteiger charge is 2.12. The molecule has 0 aliphatic carbocycles. The lowest BCUT2D eigenvalue weighted by Crippen LogP contribution is -2.30. The fourth-order valence-electron chi connectivity index (χ4n) is 1.09. The van der Waals surface area contributed by atoms with Gasteiger partial charge in [-0.3, -0.25) is 9.59 Å². The molecule has 2 N–H and O–H groups in total. The SMILES string of the molecule is C=C(C)C(=O)NCCCNC(=O)c1nnn(OC)n1. The zero-order valence-corrected chi connectivity index (χ0v) is 10.8. The Morgan fingerprint density at radius 2 is 2.05 bits per heavy atom. The molecule has 1 heterocycles. The van der Waals surface area contributed by atoms with Gasteiger partial charge < -0.3 is 15.5 Å². The molecule has 2 amide bonds. The van der Waals surface area contributed by atoms with Gasteiger partial charge in [0.2, 0.25) is 5.91 Å². The molecule has 0 saturated heterocycles. The molecule has 0 saturated carbocycles. The van der Waals surface area contributed by atoms with Crippen LogP contribution in [0.4, 0.5) is 0 Å². The van der Waals surface area contributed by atoms with Crippen LogP contribution in [0.25, 0.3) is 0 Å². The second-order valence-corrected chi connectivity index (χ2v) is 3.69. The molecule has 1 rings (SSSR count). The highest BCUT2D eigenvalue weighted by atomic mass is 16.7. The van der Waals surface area contributed by atoms with Gasteiger partial charge >= 0.3 is 0 Å². The zero-order chi connectivity index (χ0) is 14.3. The minimum atomic E-state index is -0.450. The summed E-state index contributed by atoms with van der Waals surface area (Å²) in [5, 5.41) is 15.9. The molecule has 0 spiro atoms. The molecule has 0 bridgehead atoms. The fourth-order valence-corrected chi connectivity index (χ4v) is 1.09. The predicted octanol–water partition coefficient (Wildman–Crippen LogP) is -1.46. The smallest absolute Gasteiger partial charge is 0.293 e. The first kappa shape index (κ1) is 14.6. The van der Waals surface area contributed by atoms with E-state index in [1.807, 2.05) is 0 Å². The van der Waals surface area contributed by atoms with E-state index >= 15 is 0 Å². The molecule has 9 heteroatoms. The molecule has 0 unspecified atom stereocenters. The number of nitrogens with zero attached hydrogens (tertiary/aromatic N) is 4. The van der Waals surface area contributed by atoms with Crippen LogP contribution in [0.15, 0.2) is 12.2 Å². The van der Waals surface area contributed by atoms with Crippen LogP contribution < -0.4 is 15.5 Å². The molecular formula is C10H16N6O3. The Labute approximate surface area is 110 Å². The molecule has 9 nitrogen and oxygen atoms in total. The third-order valence-corrected chi connectivity index (χ3v) is 2.07. The van der Waals surface area contributed by atoms with Crippen LogP contribution in [0.2, 0.25) is 0 Å². The molecule has 0 fully saturated rings. The summed E-state index contributed by atoms with van der Waals surface area (Å²) >= 11 is 0. The van der Waals surface area contributed by atoms with Gasteiger partial charge in [-0.25, -0.2) is 0 Å². The number of hydrogen-bond acceptors (Lipinski definition) is 6. The van der Waals surface area contributed by atoms with Gasteiger partial charge in [-0.2, -0.15) is 0 Å². The first-order valence-corrected chi connectivity index (χ1v) is 5.61. The maximum Gasteiger partial charge on any atom is 0.293 e. The fraction of sp³-hybridized carbons (Fsp3) is 0.500. The van der Waals surface area contributed by atoms with E-state index in [2.05, 4.69) is 37.5 Å². The van der Waals surface area contributed by atoms with E-state index in [1.165, 1.54) is 7.11 Å². The van der Waals surface area contributed by atoms with Gasteiger partial charge in [0.25, 0.3) is 11.7 Å². The lowest BCUT2D eigenvalue weighted by Gasteiger charge is -2.04. The Bertz CT molecular complexity index is 470. The van der Waals surface area contributed by atoms with Gasteiger partial charge in [-0.15, -0.1) is 0 Å². The van der Waals surface area contributed by atoms with Crippen molar-refractivity contribution in [3.05, 3.63) is 18.0 Å². The number of carbonyl (C=O) groups is 2. The first-order valence-electron chi connectivity index (χ1n) is 5.61. The number of tetrazole rings is 1. The third kappa shape index (κ3) is 4.74. The van der Waals surface area contributed by atoms with E-state index in [4.69, 9.17) is 0 Å².